The van der Waals surface area contributed by atoms with Crippen LogP contribution in [0.4, 0.5) is 0 Å². The average Bonchev–Trinajstić information content (AvgIpc) is 2.75. The maximum absolute atomic E-state index is 12.0. The van der Waals surface area contributed by atoms with Crippen molar-refractivity contribution in [3.63, 3.8) is 0 Å². The van der Waals surface area contributed by atoms with Gasteiger partial charge in [0.25, 0.3) is 5.91 Å². The van der Waals surface area contributed by atoms with Crippen LogP contribution in [0, 0.1) is 0 Å². The van der Waals surface area contributed by atoms with E-state index in [0.29, 0.717) is 11.4 Å². The number of nitrogens with two attached hydrogens (primary N) is 1. The highest BCUT2D eigenvalue weighted by Crippen LogP contribution is 2.19. The fourth-order valence-corrected chi connectivity index (χ4v) is 2.13. The van der Waals surface area contributed by atoms with Crippen molar-refractivity contribution in [3.8, 4) is 5.75 Å². The van der Waals surface area contributed by atoms with Crippen LogP contribution in [0.25, 0.3) is 0 Å². The molecular weight excluding hydrogens is 218 g/mol. The zero-order valence-corrected chi connectivity index (χ0v) is 9.85. The average molecular weight is 235 g/mol. The predicted octanol–water partition coefficient (Wildman–Crippen LogP) is 0.700. The quantitative estimate of drug-likeness (QED) is 0.808. The van der Waals surface area contributed by atoms with Crippen molar-refractivity contribution in [3.05, 3.63) is 24.0 Å². The van der Waals surface area contributed by atoms with Crippen LogP contribution in [0.1, 0.15) is 29.8 Å². The maximum Gasteiger partial charge on any atom is 0.274 e. The van der Waals surface area contributed by atoms with E-state index in [9.17, 15) is 4.79 Å². The molecule has 3 N–H and O–H groups in total. The molecule has 2 atom stereocenters. The third-order valence-electron chi connectivity index (χ3n) is 3.09. The van der Waals surface area contributed by atoms with Crippen LogP contribution in [0.15, 0.2) is 18.3 Å². The molecule has 1 aliphatic rings. The lowest BCUT2D eigenvalue weighted by Crippen LogP contribution is -2.44. The molecule has 1 aromatic rings. The van der Waals surface area contributed by atoms with Crippen molar-refractivity contribution in [1.82, 2.24) is 10.3 Å². The molecule has 0 bridgehead atoms. The molecule has 1 unspecified atom stereocenters. The van der Waals surface area contributed by atoms with Crippen molar-refractivity contribution in [2.45, 2.75) is 31.3 Å². The molecule has 5 heteroatoms. The molecule has 0 aromatic carbocycles. The normalized spacial score (nSPS) is 23.4. The summed E-state index contributed by atoms with van der Waals surface area (Å²) in [6.07, 6.45) is 4.53. The Labute approximate surface area is 100 Å². The van der Waals surface area contributed by atoms with Crippen molar-refractivity contribution >= 4 is 5.91 Å². The van der Waals surface area contributed by atoms with E-state index in [1.807, 2.05) is 0 Å². The molecule has 0 radical (unpaired) electrons. The van der Waals surface area contributed by atoms with Gasteiger partial charge in [0, 0.05) is 18.3 Å². The minimum atomic E-state index is -0.218. The van der Waals surface area contributed by atoms with Crippen molar-refractivity contribution in [1.29, 1.82) is 0 Å². The van der Waals surface area contributed by atoms with Gasteiger partial charge in [-0.3, -0.25) is 4.79 Å². The number of aromatic nitrogens is 1. The number of nitrogens with zero attached hydrogens (tertiary/aromatic N) is 1. The zero-order valence-electron chi connectivity index (χ0n) is 9.85. The van der Waals surface area contributed by atoms with Crippen LogP contribution in [0.2, 0.25) is 0 Å². The van der Waals surface area contributed by atoms with Gasteiger partial charge in [-0.1, -0.05) is 0 Å². The Bertz CT molecular complexity index is 408. The van der Waals surface area contributed by atoms with Crippen LogP contribution in [-0.2, 0) is 0 Å². The molecule has 2 rings (SSSR count). The van der Waals surface area contributed by atoms with Gasteiger partial charge < -0.3 is 15.8 Å². The third kappa shape index (κ3) is 2.55. The van der Waals surface area contributed by atoms with E-state index >= 15 is 0 Å². The monoisotopic (exact) mass is 235 g/mol. The first-order chi connectivity index (χ1) is 8.22. The minimum Gasteiger partial charge on any atom is -0.494 e. The number of amides is 1. The summed E-state index contributed by atoms with van der Waals surface area (Å²) in [6.45, 7) is 0. The number of rotatable bonds is 3. The minimum absolute atomic E-state index is 0.0497. The van der Waals surface area contributed by atoms with E-state index in [4.69, 9.17) is 10.5 Å². The fraction of sp³-hybridized carbons (Fsp3) is 0.500. The van der Waals surface area contributed by atoms with Crippen molar-refractivity contribution in [2.24, 2.45) is 5.73 Å². The van der Waals surface area contributed by atoms with Crippen molar-refractivity contribution < 1.29 is 9.53 Å². The Hall–Kier alpha value is -1.62. The van der Waals surface area contributed by atoms with Gasteiger partial charge in [-0.2, -0.15) is 0 Å². The number of nitrogens with one attached hydrogen (secondary N) is 1. The highest BCUT2D eigenvalue weighted by atomic mass is 16.5. The standard InChI is InChI=1S/C12H17N3O2/c1-17-10-6-3-7-14-11(10)12(16)15-9-5-2-4-8(9)13/h3,6-9H,2,4-5,13H2,1H3,(H,15,16)/t8-,9?/m0/s1. The van der Waals surface area contributed by atoms with Crippen molar-refractivity contribution in [2.75, 3.05) is 7.11 Å². The Morgan fingerprint density at radius 2 is 2.41 bits per heavy atom. The van der Waals surface area contributed by atoms with Crippen LogP contribution >= 0.6 is 0 Å². The Morgan fingerprint density at radius 1 is 1.59 bits per heavy atom. The van der Waals surface area contributed by atoms with E-state index in [1.54, 1.807) is 18.3 Å². The van der Waals surface area contributed by atoms with Gasteiger partial charge in [0.2, 0.25) is 0 Å². The van der Waals surface area contributed by atoms with Crippen LogP contribution in [0.5, 0.6) is 5.75 Å². The summed E-state index contributed by atoms with van der Waals surface area (Å²) in [5.74, 6) is 0.265. The van der Waals surface area contributed by atoms with E-state index in [0.717, 1.165) is 19.3 Å². The number of hydrogen-bond donors (Lipinski definition) is 2. The topological polar surface area (TPSA) is 77.2 Å². The summed E-state index contributed by atoms with van der Waals surface area (Å²) >= 11 is 0. The largest absolute Gasteiger partial charge is 0.494 e. The van der Waals surface area contributed by atoms with E-state index < -0.39 is 0 Å². The molecule has 0 saturated heterocycles. The third-order valence-corrected chi connectivity index (χ3v) is 3.09. The number of pyridine rings is 1. The van der Waals surface area contributed by atoms with Crippen LogP contribution in [-0.4, -0.2) is 30.1 Å². The van der Waals surface area contributed by atoms with Gasteiger partial charge in [-0.25, -0.2) is 4.98 Å². The Morgan fingerprint density at radius 3 is 3.06 bits per heavy atom. The lowest BCUT2D eigenvalue weighted by atomic mass is 10.2. The van der Waals surface area contributed by atoms with E-state index in [2.05, 4.69) is 10.3 Å². The lowest BCUT2D eigenvalue weighted by molar-refractivity contribution is 0.0926. The van der Waals surface area contributed by atoms with E-state index in [-0.39, 0.29) is 18.0 Å². The Balaban J connectivity index is 2.09. The molecule has 5 nitrogen and oxygen atoms in total. The second-order valence-corrected chi connectivity index (χ2v) is 4.23. The maximum atomic E-state index is 12.0. The SMILES string of the molecule is COc1cccnc1C(=O)NC1CCC[C@@H]1N. The molecule has 1 saturated carbocycles. The molecular formula is C12H17N3O2. The highest BCUT2D eigenvalue weighted by molar-refractivity contribution is 5.95. The first-order valence-electron chi connectivity index (χ1n) is 5.78. The first-order valence-corrected chi connectivity index (χ1v) is 5.78. The second kappa shape index (κ2) is 5.14. The smallest absolute Gasteiger partial charge is 0.274 e. The van der Waals surface area contributed by atoms with Gasteiger partial charge >= 0.3 is 0 Å². The summed E-state index contributed by atoms with van der Waals surface area (Å²) in [6, 6.07) is 3.55. The number of carbonyl (C=O) groups is 1. The molecule has 17 heavy (non-hydrogen) atoms. The molecule has 1 aliphatic carbocycles. The molecule has 92 valence electrons. The summed E-state index contributed by atoms with van der Waals surface area (Å²) in [4.78, 5) is 16.1. The lowest BCUT2D eigenvalue weighted by Gasteiger charge is -2.17. The molecule has 1 fully saturated rings. The van der Waals surface area contributed by atoms with Gasteiger partial charge in [-0.15, -0.1) is 0 Å². The highest BCUT2D eigenvalue weighted by Gasteiger charge is 2.26. The van der Waals surface area contributed by atoms with Gasteiger partial charge in [0.05, 0.1) is 7.11 Å². The Kier molecular flexibility index (Phi) is 3.58. The van der Waals surface area contributed by atoms with Gasteiger partial charge in [0.1, 0.15) is 5.75 Å². The number of ether oxygens (including phenoxy) is 1. The zero-order chi connectivity index (χ0) is 12.3. The summed E-state index contributed by atoms with van der Waals surface area (Å²) in [5.41, 5.74) is 6.22. The summed E-state index contributed by atoms with van der Waals surface area (Å²) in [7, 11) is 1.52. The predicted molar refractivity (Wildman–Crippen MR) is 63.9 cm³/mol. The second-order valence-electron chi connectivity index (χ2n) is 4.23. The number of methoxy groups -OCH3 is 1. The number of hydrogen-bond acceptors (Lipinski definition) is 4. The van der Waals surface area contributed by atoms with E-state index in [1.165, 1.54) is 7.11 Å². The molecule has 1 amide bonds. The number of carbonyl (C=O) groups excluding carboxylic acids is 1. The van der Waals surface area contributed by atoms with Gasteiger partial charge in [-0.05, 0) is 31.4 Å². The fourth-order valence-electron chi connectivity index (χ4n) is 2.13. The summed E-state index contributed by atoms with van der Waals surface area (Å²) in [5, 5.41) is 2.91. The molecule has 1 aromatic heterocycles. The van der Waals surface area contributed by atoms with Crippen LogP contribution < -0.4 is 15.8 Å². The van der Waals surface area contributed by atoms with Gasteiger partial charge in [0.15, 0.2) is 5.69 Å². The molecule has 0 aliphatic heterocycles. The van der Waals surface area contributed by atoms with Crippen LogP contribution in [0.3, 0.4) is 0 Å². The molecule has 1 heterocycles. The molecule has 0 spiro atoms. The summed E-state index contributed by atoms with van der Waals surface area (Å²) < 4.78 is 5.10. The first kappa shape index (κ1) is 11.9.